The molecule has 1 aromatic heterocycles. The molecule has 0 fully saturated rings. The quantitative estimate of drug-likeness (QED) is 0.716. The lowest BCUT2D eigenvalue weighted by atomic mass is 10.1. The Morgan fingerprint density at radius 2 is 1.86 bits per heavy atom. The Hall–Kier alpha value is -1.74. The normalized spacial score (nSPS) is 10.1. The third-order valence-corrected chi connectivity index (χ3v) is 2.03. The van der Waals surface area contributed by atoms with Gasteiger partial charge in [0.15, 0.2) is 0 Å². The zero-order valence-electron chi connectivity index (χ0n) is 7.64. The molecular weight excluding hydrogens is 174 g/mol. The zero-order valence-corrected chi connectivity index (χ0v) is 7.64. The molecule has 0 aliphatic carbocycles. The van der Waals surface area contributed by atoms with Crippen LogP contribution in [0, 0.1) is 0 Å². The summed E-state index contributed by atoms with van der Waals surface area (Å²) in [6.45, 7) is 0.320. The molecule has 0 amide bonds. The van der Waals surface area contributed by atoms with Gasteiger partial charge in [-0.05, 0) is 17.7 Å². The van der Waals surface area contributed by atoms with Crippen LogP contribution in [0.15, 0.2) is 42.6 Å². The minimum Gasteiger partial charge on any atom is -0.253 e. The maximum atomic E-state index is 7.19. The highest BCUT2D eigenvalue weighted by Crippen LogP contribution is 2.15. The van der Waals surface area contributed by atoms with Crippen LogP contribution in [-0.2, 0) is 6.54 Å². The molecule has 0 spiro atoms. The summed E-state index contributed by atoms with van der Waals surface area (Å²) in [6.07, 6.45) is 1.65. The summed E-state index contributed by atoms with van der Waals surface area (Å²) in [5.41, 5.74) is 10.1. The predicted molar refractivity (Wildman–Crippen MR) is 54.3 cm³/mol. The average Bonchev–Trinajstić information content (AvgIpc) is 2.30. The Labute approximate surface area is 82.6 Å². The topological polar surface area (TPSA) is 49.6 Å². The SMILES string of the molecule is [NH]Cc1ccc(-c2cccnn2)cc1. The van der Waals surface area contributed by atoms with E-state index < -0.39 is 0 Å². The third kappa shape index (κ3) is 1.78. The largest absolute Gasteiger partial charge is 0.253 e. The van der Waals surface area contributed by atoms with Crippen molar-refractivity contribution in [3.63, 3.8) is 0 Å². The Morgan fingerprint density at radius 1 is 1.07 bits per heavy atom. The second-order valence-corrected chi connectivity index (χ2v) is 2.98. The molecule has 1 aromatic carbocycles. The van der Waals surface area contributed by atoms with Crippen molar-refractivity contribution in [1.82, 2.24) is 15.9 Å². The van der Waals surface area contributed by atoms with Crippen molar-refractivity contribution in [2.45, 2.75) is 6.54 Å². The number of nitrogens with zero attached hydrogens (tertiary/aromatic N) is 2. The molecule has 0 atom stereocenters. The lowest BCUT2D eigenvalue weighted by Gasteiger charge is -2.00. The first-order chi connectivity index (χ1) is 6.90. The standard InChI is InChI=1S/C11H10N3/c12-8-9-3-5-10(6-4-9)11-2-1-7-13-14-11/h1-7,12H,8H2. The van der Waals surface area contributed by atoms with Crippen LogP contribution in [0.2, 0.25) is 0 Å². The molecule has 1 N–H and O–H groups in total. The van der Waals surface area contributed by atoms with Gasteiger partial charge in [-0.3, -0.25) is 5.73 Å². The smallest absolute Gasteiger partial charge is 0.0929 e. The van der Waals surface area contributed by atoms with Gasteiger partial charge < -0.3 is 0 Å². The van der Waals surface area contributed by atoms with Gasteiger partial charge in [-0.2, -0.15) is 10.2 Å². The van der Waals surface area contributed by atoms with Gasteiger partial charge in [-0.25, -0.2) is 0 Å². The van der Waals surface area contributed by atoms with Crippen molar-refractivity contribution < 1.29 is 0 Å². The lowest BCUT2D eigenvalue weighted by molar-refractivity contribution is 1.02. The van der Waals surface area contributed by atoms with E-state index in [9.17, 15) is 0 Å². The Kier molecular flexibility index (Phi) is 2.51. The van der Waals surface area contributed by atoms with Crippen molar-refractivity contribution in [3.05, 3.63) is 48.2 Å². The van der Waals surface area contributed by atoms with Gasteiger partial charge >= 0.3 is 0 Å². The van der Waals surface area contributed by atoms with Crippen LogP contribution >= 0.6 is 0 Å². The van der Waals surface area contributed by atoms with Gasteiger partial charge in [0, 0.05) is 18.3 Å². The molecule has 0 aliphatic rings. The van der Waals surface area contributed by atoms with Crippen LogP contribution in [-0.4, -0.2) is 10.2 Å². The minimum atomic E-state index is 0.320. The number of hydrogen-bond donors (Lipinski definition) is 0. The molecule has 1 heterocycles. The molecule has 3 nitrogen and oxygen atoms in total. The van der Waals surface area contributed by atoms with Crippen LogP contribution in [0.1, 0.15) is 5.56 Å². The highest BCUT2D eigenvalue weighted by atomic mass is 15.1. The van der Waals surface area contributed by atoms with E-state index in [1.54, 1.807) is 6.20 Å². The van der Waals surface area contributed by atoms with Crippen LogP contribution in [0.3, 0.4) is 0 Å². The summed E-state index contributed by atoms with van der Waals surface area (Å²) in [7, 11) is 0. The van der Waals surface area contributed by atoms with Gasteiger partial charge in [0.1, 0.15) is 0 Å². The maximum absolute atomic E-state index is 7.19. The number of rotatable bonds is 2. The van der Waals surface area contributed by atoms with Crippen LogP contribution in [0.25, 0.3) is 11.3 Å². The fraction of sp³-hybridized carbons (Fsp3) is 0.0909. The van der Waals surface area contributed by atoms with Gasteiger partial charge in [0.2, 0.25) is 0 Å². The fourth-order valence-electron chi connectivity index (χ4n) is 1.25. The third-order valence-electron chi connectivity index (χ3n) is 2.03. The van der Waals surface area contributed by atoms with E-state index in [4.69, 9.17) is 5.73 Å². The molecule has 1 radical (unpaired) electrons. The van der Waals surface area contributed by atoms with Gasteiger partial charge in [-0.1, -0.05) is 24.3 Å². The van der Waals surface area contributed by atoms with Gasteiger partial charge in [0.05, 0.1) is 5.69 Å². The van der Waals surface area contributed by atoms with Crippen LogP contribution in [0.4, 0.5) is 0 Å². The van der Waals surface area contributed by atoms with Gasteiger partial charge in [0.25, 0.3) is 0 Å². The molecule has 0 saturated carbocycles. The van der Waals surface area contributed by atoms with E-state index in [2.05, 4.69) is 10.2 Å². The molecule has 69 valence electrons. The van der Waals surface area contributed by atoms with Crippen LogP contribution in [0.5, 0.6) is 0 Å². The number of hydrogen-bond acceptors (Lipinski definition) is 2. The second kappa shape index (κ2) is 3.98. The van der Waals surface area contributed by atoms with Crippen LogP contribution < -0.4 is 5.73 Å². The maximum Gasteiger partial charge on any atom is 0.0929 e. The lowest BCUT2D eigenvalue weighted by Crippen LogP contribution is -1.87. The molecule has 0 saturated heterocycles. The van der Waals surface area contributed by atoms with E-state index in [1.165, 1.54) is 0 Å². The summed E-state index contributed by atoms with van der Waals surface area (Å²) in [5.74, 6) is 0. The van der Waals surface area contributed by atoms with Crippen molar-refractivity contribution >= 4 is 0 Å². The number of benzene rings is 1. The van der Waals surface area contributed by atoms with E-state index in [0.717, 1.165) is 16.8 Å². The first-order valence-corrected chi connectivity index (χ1v) is 4.42. The summed E-state index contributed by atoms with van der Waals surface area (Å²) in [6, 6.07) is 11.6. The highest BCUT2D eigenvalue weighted by Gasteiger charge is 1.97. The van der Waals surface area contributed by atoms with E-state index in [0.29, 0.717) is 6.54 Å². The Balaban J connectivity index is 2.34. The van der Waals surface area contributed by atoms with E-state index in [-0.39, 0.29) is 0 Å². The Morgan fingerprint density at radius 3 is 2.43 bits per heavy atom. The molecule has 0 unspecified atom stereocenters. The van der Waals surface area contributed by atoms with Gasteiger partial charge in [-0.15, -0.1) is 0 Å². The number of aromatic nitrogens is 2. The highest BCUT2D eigenvalue weighted by molar-refractivity contribution is 5.58. The molecular formula is C11H10N3. The molecule has 3 heteroatoms. The molecule has 2 aromatic rings. The van der Waals surface area contributed by atoms with Crippen molar-refractivity contribution in [2.75, 3.05) is 0 Å². The second-order valence-electron chi connectivity index (χ2n) is 2.98. The molecule has 14 heavy (non-hydrogen) atoms. The monoisotopic (exact) mass is 184 g/mol. The molecule has 0 bridgehead atoms. The summed E-state index contributed by atoms with van der Waals surface area (Å²) in [4.78, 5) is 0. The van der Waals surface area contributed by atoms with E-state index >= 15 is 0 Å². The average molecular weight is 184 g/mol. The Bertz CT molecular complexity index is 395. The summed E-state index contributed by atoms with van der Waals surface area (Å²) >= 11 is 0. The zero-order chi connectivity index (χ0) is 9.80. The minimum absolute atomic E-state index is 0.320. The molecule has 2 rings (SSSR count). The summed E-state index contributed by atoms with van der Waals surface area (Å²) in [5, 5.41) is 7.82. The summed E-state index contributed by atoms with van der Waals surface area (Å²) < 4.78 is 0. The number of nitrogens with one attached hydrogen (secondary N) is 1. The van der Waals surface area contributed by atoms with E-state index in [1.807, 2.05) is 36.4 Å². The van der Waals surface area contributed by atoms with Crippen molar-refractivity contribution in [1.29, 1.82) is 0 Å². The predicted octanol–water partition coefficient (Wildman–Crippen LogP) is 1.93. The molecule has 0 aliphatic heterocycles. The van der Waals surface area contributed by atoms with Crippen molar-refractivity contribution in [3.8, 4) is 11.3 Å². The fourth-order valence-corrected chi connectivity index (χ4v) is 1.25. The van der Waals surface area contributed by atoms with Crippen molar-refractivity contribution in [2.24, 2.45) is 0 Å². The first kappa shape index (κ1) is 8.84. The first-order valence-electron chi connectivity index (χ1n) is 4.42.